The van der Waals surface area contributed by atoms with E-state index in [1.165, 1.54) is 6.07 Å². The Hall–Kier alpha value is -0.880. The molecular formula is C16H20Cl2FN3O. The lowest BCUT2D eigenvalue weighted by molar-refractivity contribution is -0.135. The van der Waals surface area contributed by atoms with E-state index in [-0.39, 0.29) is 22.0 Å². The Morgan fingerprint density at radius 1 is 1.26 bits per heavy atom. The number of piperazine rings is 1. The Kier molecular flexibility index (Phi) is 5.42. The van der Waals surface area contributed by atoms with Gasteiger partial charge in [-0.3, -0.25) is 9.69 Å². The third kappa shape index (κ3) is 3.79. The van der Waals surface area contributed by atoms with E-state index >= 15 is 0 Å². The molecule has 3 rings (SSSR count). The second kappa shape index (κ2) is 7.34. The lowest BCUT2D eigenvalue weighted by Gasteiger charge is -2.41. The van der Waals surface area contributed by atoms with Crippen LogP contribution in [0.2, 0.25) is 10.0 Å². The normalized spacial score (nSPS) is 23.3. The van der Waals surface area contributed by atoms with E-state index < -0.39 is 5.82 Å². The lowest BCUT2D eigenvalue weighted by atomic mass is 10.0. The average molecular weight is 360 g/mol. The highest BCUT2D eigenvalue weighted by molar-refractivity contribution is 6.42. The highest BCUT2D eigenvalue weighted by Crippen LogP contribution is 2.30. The van der Waals surface area contributed by atoms with Crippen molar-refractivity contribution in [2.24, 2.45) is 0 Å². The Morgan fingerprint density at radius 3 is 2.87 bits per heavy atom. The fraction of sp³-hybridized carbons (Fsp3) is 0.562. The van der Waals surface area contributed by atoms with Crippen LogP contribution in [0.4, 0.5) is 4.39 Å². The van der Waals surface area contributed by atoms with Crippen LogP contribution in [0.15, 0.2) is 12.1 Å². The highest BCUT2D eigenvalue weighted by atomic mass is 35.5. The number of likely N-dealkylation sites (tertiary alicyclic amines) is 1. The molecule has 4 nitrogen and oxygen atoms in total. The van der Waals surface area contributed by atoms with Crippen molar-refractivity contribution in [1.82, 2.24) is 15.1 Å². The zero-order chi connectivity index (χ0) is 16.4. The van der Waals surface area contributed by atoms with Gasteiger partial charge in [0.05, 0.1) is 16.6 Å². The van der Waals surface area contributed by atoms with E-state index in [1.54, 1.807) is 6.07 Å². The molecule has 2 fully saturated rings. The maximum Gasteiger partial charge on any atom is 0.236 e. The predicted octanol–water partition coefficient (Wildman–Crippen LogP) is 2.53. The van der Waals surface area contributed by atoms with Gasteiger partial charge in [-0.1, -0.05) is 29.3 Å². The third-order valence-electron chi connectivity index (χ3n) is 4.56. The van der Waals surface area contributed by atoms with Crippen LogP contribution in [0.5, 0.6) is 0 Å². The zero-order valence-electron chi connectivity index (χ0n) is 12.8. The number of carbonyl (C=O) groups excluding carboxylic acids is 1. The summed E-state index contributed by atoms with van der Waals surface area (Å²) >= 11 is 12.0. The molecule has 1 N–H and O–H groups in total. The number of halogens is 3. The molecule has 2 aliphatic heterocycles. The summed E-state index contributed by atoms with van der Waals surface area (Å²) in [6, 6.07) is 3.28. The van der Waals surface area contributed by atoms with Gasteiger partial charge in [-0.15, -0.1) is 0 Å². The fourth-order valence-electron chi connectivity index (χ4n) is 3.37. The smallest absolute Gasteiger partial charge is 0.236 e. The van der Waals surface area contributed by atoms with Gasteiger partial charge in [0.15, 0.2) is 0 Å². The van der Waals surface area contributed by atoms with Crippen LogP contribution in [0.3, 0.4) is 0 Å². The second-order valence-corrected chi connectivity index (χ2v) is 6.89. The number of benzene rings is 1. The van der Waals surface area contributed by atoms with Gasteiger partial charge >= 0.3 is 0 Å². The summed E-state index contributed by atoms with van der Waals surface area (Å²) in [5.74, 6) is -0.325. The van der Waals surface area contributed by atoms with Crippen molar-refractivity contribution in [2.75, 3.05) is 32.7 Å². The second-order valence-electron chi connectivity index (χ2n) is 6.13. The largest absolute Gasteiger partial charge is 0.336 e. The number of piperidine rings is 1. The van der Waals surface area contributed by atoms with Crippen LogP contribution in [-0.2, 0) is 11.3 Å². The molecule has 1 aromatic carbocycles. The number of nitrogens with one attached hydrogen (secondary N) is 1. The molecule has 2 saturated heterocycles. The molecule has 0 saturated carbocycles. The van der Waals surface area contributed by atoms with Crippen LogP contribution >= 0.6 is 23.2 Å². The molecule has 2 heterocycles. The van der Waals surface area contributed by atoms with Crippen LogP contribution in [0.25, 0.3) is 0 Å². The summed E-state index contributed by atoms with van der Waals surface area (Å²) in [5.41, 5.74) is 0.824. The minimum Gasteiger partial charge on any atom is -0.336 e. The SMILES string of the molecule is O=C1CNCCN1C1CCCN(Cc2ccc(F)c(Cl)c2Cl)C1. The quantitative estimate of drug-likeness (QED) is 0.842. The van der Waals surface area contributed by atoms with E-state index in [0.29, 0.717) is 13.1 Å². The Balaban J connectivity index is 1.67. The number of nitrogens with zero attached hydrogens (tertiary/aromatic N) is 2. The molecule has 0 aromatic heterocycles. The Labute approximate surface area is 145 Å². The summed E-state index contributed by atoms with van der Waals surface area (Å²) in [6.07, 6.45) is 2.06. The molecule has 1 aromatic rings. The van der Waals surface area contributed by atoms with E-state index in [4.69, 9.17) is 23.2 Å². The van der Waals surface area contributed by atoms with Crippen molar-refractivity contribution in [3.63, 3.8) is 0 Å². The van der Waals surface area contributed by atoms with Gasteiger partial charge in [-0.25, -0.2) is 4.39 Å². The van der Waals surface area contributed by atoms with Crippen LogP contribution in [0.1, 0.15) is 18.4 Å². The maximum absolute atomic E-state index is 13.4. The lowest BCUT2D eigenvalue weighted by Crippen LogP contribution is -2.56. The summed E-state index contributed by atoms with van der Waals surface area (Å²) in [5, 5.41) is 3.37. The van der Waals surface area contributed by atoms with Crippen LogP contribution < -0.4 is 5.32 Å². The van der Waals surface area contributed by atoms with Gasteiger partial charge < -0.3 is 10.2 Å². The number of rotatable bonds is 3. The van der Waals surface area contributed by atoms with Gasteiger partial charge in [0.2, 0.25) is 5.91 Å². The summed E-state index contributed by atoms with van der Waals surface area (Å²) < 4.78 is 13.4. The van der Waals surface area contributed by atoms with Crippen molar-refractivity contribution in [3.8, 4) is 0 Å². The predicted molar refractivity (Wildman–Crippen MR) is 89.3 cm³/mol. The molecule has 1 unspecified atom stereocenters. The van der Waals surface area contributed by atoms with E-state index in [9.17, 15) is 9.18 Å². The molecule has 0 bridgehead atoms. The molecule has 0 radical (unpaired) electrons. The number of hydrogen-bond acceptors (Lipinski definition) is 3. The molecule has 1 amide bonds. The first kappa shape index (κ1) is 17.0. The standard InChI is InChI=1S/C16H20Cl2FN3O/c17-15-11(3-4-13(19)16(15)18)9-21-6-1-2-12(10-21)22-7-5-20-8-14(22)23/h3-4,12,20H,1-2,5-10H2. The molecule has 23 heavy (non-hydrogen) atoms. The minimum atomic E-state index is -0.497. The van der Waals surface area contributed by atoms with Crippen molar-refractivity contribution in [1.29, 1.82) is 0 Å². The summed E-state index contributed by atoms with van der Waals surface area (Å²) in [4.78, 5) is 16.3. The van der Waals surface area contributed by atoms with E-state index in [1.807, 2.05) is 4.90 Å². The van der Waals surface area contributed by atoms with Crippen molar-refractivity contribution in [2.45, 2.75) is 25.4 Å². The minimum absolute atomic E-state index is 0.0185. The number of amides is 1. The number of hydrogen-bond donors (Lipinski definition) is 1. The Morgan fingerprint density at radius 2 is 2.09 bits per heavy atom. The van der Waals surface area contributed by atoms with Gasteiger partial charge in [-0.05, 0) is 31.0 Å². The van der Waals surface area contributed by atoms with Crippen molar-refractivity contribution in [3.05, 3.63) is 33.6 Å². The zero-order valence-corrected chi connectivity index (χ0v) is 14.3. The average Bonchev–Trinajstić information content (AvgIpc) is 2.56. The summed E-state index contributed by atoms with van der Waals surface area (Å²) in [7, 11) is 0. The van der Waals surface area contributed by atoms with E-state index in [0.717, 1.165) is 44.6 Å². The first-order chi connectivity index (χ1) is 11.1. The Bertz CT molecular complexity index is 599. The number of carbonyl (C=O) groups is 1. The van der Waals surface area contributed by atoms with Crippen LogP contribution in [0, 0.1) is 5.82 Å². The van der Waals surface area contributed by atoms with Gasteiger partial charge in [-0.2, -0.15) is 0 Å². The fourth-order valence-corrected chi connectivity index (χ4v) is 3.76. The van der Waals surface area contributed by atoms with E-state index in [2.05, 4.69) is 10.2 Å². The summed E-state index contributed by atoms with van der Waals surface area (Å²) in [6.45, 7) is 4.42. The molecule has 0 aliphatic carbocycles. The molecule has 2 aliphatic rings. The first-order valence-electron chi connectivity index (χ1n) is 7.91. The molecular weight excluding hydrogens is 340 g/mol. The highest BCUT2D eigenvalue weighted by Gasteiger charge is 2.30. The topological polar surface area (TPSA) is 35.6 Å². The van der Waals surface area contributed by atoms with Crippen molar-refractivity contribution < 1.29 is 9.18 Å². The molecule has 7 heteroatoms. The third-order valence-corrected chi connectivity index (χ3v) is 5.45. The monoisotopic (exact) mass is 359 g/mol. The maximum atomic E-state index is 13.4. The first-order valence-corrected chi connectivity index (χ1v) is 8.67. The molecule has 1 atom stereocenters. The van der Waals surface area contributed by atoms with Crippen molar-refractivity contribution >= 4 is 29.1 Å². The molecule has 0 spiro atoms. The van der Waals surface area contributed by atoms with Gasteiger partial charge in [0, 0.05) is 32.2 Å². The van der Waals surface area contributed by atoms with Gasteiger partial charge in [0.1, 0.15) is 5.82 Å². The van der Waals surface area contributed by atoms with Gasteiger partial charge in [0.25, 0.3) is 0 Å². The molecule has 126 valence electrons. The van der Waals surface area contributed by atoms with Crippen LogP contribution in [-0.4, -0.2) is 54.5 Å².